The highest BCUT2D eigenvalue weighted by atomic mass is 16.6. The predicted octanol–water partition coefficient (Wildman–Crippen LogP) is 1.85. The van der Waals surface area contributed by atoms with Gasteiger partial charge in [0, 0.05) is 23.4 Å². The van der Waals surface area contributed by atoms with Gasteiger partial charge in [-0.15, -0.1) is 0 Å². The highest BCUT2D eigenvalue weighted by Crippen LogP contribution is 2.66. The van der Waals surface area contributed by atoms with Gasteiger partial charge in [0.1, 0.15) is 0 Å². The van der Waals surface area contributed by atoms with Gasteiger partial charge in [0.25, 0.3) is 11.8 Å². The Kier molecular flexibility index (Phi) is 4.28. The summed E-state index contributed by atoms with van der Waals surface area (Å²) in [5, 5.41) is 5.79. The summed E-state index contributed by atoms with van der Waals surface area (Å²) in [6, 6.07) is -0.391. The van der Waals surface area contributed by atoms with Crippen molar-refractivity contribution < 1.29 is 28.7 Å². The van der Waals surface area contributed by atoms with Gasteiger partial charge in [-0.25, -0.2) is 0 Å². The lowest BCUT2D eigenvalue weighted by Crippen LogP contribution is -2.58. The molecular formula is C23H34N2O6. The summed E-state index contributed by atoms with van der Waals surface area (Å²) in [5.41, 5.74) is -4.96. The maximum absolute atomic E-state index is 13.2. The Hall–Kier alpha value is -2.12. The van der Waals surface area contributed by atoms with E-state index < -0.39 is 38.9 Å². The number of carbonyl (C=O) groups is 4. The molecule has 5 atom stereocenters. The molecule has 172 valence electrons. The van der Waals surface area contributed by atoms with Gasteiger partial charge >= 0.3 is 11.9 Å². The van der Waals surface area contributed by atoms with Crippen LogP contribution in [0.4, 0.5) is 0 Å². The zero-order valence-electron chi connectivity index (χ0n) is 19.6. The molecule has 0 radical (unpaired) electrons. The smallest absolute Gasteiger partial charge is 0.313 e. The molecule has 4 fully saturated rings. The molecule has 2 saturated carbocycles. The second-order valence-electron chi connectivity index (χ2n) is 11.4. The quantitative estimate of drug-likeness (QED) is 0.639. The van der Waals surface area contributed by atoms with Gasteiger partial charge in [0.15, 0.2) is 11.2 Å². The lowest BCUT2D eigenvalue weighted by Gasteiger charge is -2.37. The Morgan fingerprint density at radius 1 is 0.806 bits per heavy atom. The van der Waals surface area contributed by atoms with E-state index in [-0.39, 0.29) is 30.3 Å². The van der Waals surface area contributed by atoms with Crippen molar-refractivity contribution >= 4 is 23.8 Å². The molecule has 0 aromatic rings. The standard InChI is InChI=1S/C23H34N2O6/c1-13(25-15(27)23-11-9-21(7,17(29)31-23)19(23,4)5)12-24-14(26)22-10-8-20(6,16(28)30-22)18(22,2)3/h13H,8-12H2,1-7H3,(H,24,26)(H,25,27)/t13-,20-,21-,22+,23+/m1/s1. The molecule has 2 amide bonds. The van der Waals surface area contributed by atoms with Crippen LogP contribution in [-0.2, 0) is 28.7 Å². The number of hydrogen-bond donors (Lipinski definition) is 2. The molecule has 2 heterocycles. The molecule has 2 saturated heterocycles. The van der Waals surface area contributed by atoms with Crippen LogP contribution in [0.3, 0.4) is 0 Å². The van der Waals surface area contributed by atoms with E-state index in [1.54, 1.807) is 6.92 Å². The number of ether oxygens (including phenoxy) is 2. The number of nitrogens with one attached hydrogen (secondary N) is 2. The molecule has 0 aromatic heterocycles. The Bertz CT molecular complexity index is 896. The van der Waals surface area contributed by atoms with Crippen LogP contribution >= 0.6 is 0 Å². The maximum atomic E-state index is 13.2. The third kappa shape index (κ3) is 2.26. The van der Waals surface area contributed by atoms with E-state index in [4.69, 9.17) is 9.47 Å². The first-order valence-corrected chi connectivity index (χ1v) is 11.2. The van der Waals surface area contributed by atoms with Crippen molar-refractivity contribution in [3.8, 4) is 0 Å². The van der Waals surface area contributed by atoms with Crippen molar-refractivity contribution in [1.29, 1.82) is 0 Å². The molecule has 8 heteroatoms. The SMILES string of the molecule is C[C@H](CNC(=O)[C@]12CC[C@](C)(C(=O)O1)C2(C)C)NC(=O)[C@]12CC[C@](C)(C(=O)O1)C2(C)C. The van der Waals surface area contributed by atoms with E-state index >= 15 is 0 Å². The highest BCUT2D eigenvalue weighted by Gasteiger charge is 2.76. The van der Waals surface area contributed by atoms with E-state index in [1.165, 1.54) is 0 Å². The molecule has 31 heavy (non-hydrogen) atoms. The van der Waals surface area contributed by atoms with E-state index in [1.807, 2.05) is 41.5 Å². The second-order valence-corrected chi connectivity index (χ2v) is 11.4. The normalized spacial score (nSPS) is 42.2. The van der Waals surface area contributed by atoms with Crippen LogP contribution in [0.15, 0.2) is 0 Å². The fourth-order valence-corrected chi connectivity index (χ4v) is 6.27. The Morgan fingerprint density at radius 3 is 1.58 bits per heavy atom. The first-order valence-electron chi connectivity index (χ1n) is 11.2. The van der Waals surface area contributed by atoms with Crippen LogP contribution in [0.2, 0.25) is 0 Å². The number of rotatable bonds is 5. The van der Waals surface area contributed by atoms with Crippen LogP contribution in [0.25, 0.3) is 0 Å². The van der Waals surface area contributed by atoms with Gasteiger partial charge < -0.3 is 20.1 Å². The summed E-state index contributed by atoms with van der Waals surface area (Å²) >= 11 is 0. The summed E-state index contributed by atoms with van der Waals surface area (Å²) in [7, 11) is 0. The topological polar surface area (TPSA) is 111 Å². The summed E-state index contributed by atoms with van der Waals surface area (Å²) < 4.78 is 11.2. The molecular weight excluding hydrogens is 400 g/mol. The Labute approximate surface area is 183 Å². The first kappa shape index (κ1) is 22.1. The average molecular weight is 435 g/mol. The molecule has 0 aromatic carbocycles. The highest BCUT2D eigenvalue weighted by molar-refractivity contribution is 5.97. The Morgan fingerprint density at radius 2 is 1.23 bits per heavy atom. The second kappa shape index (κ2) is 6.01. The predicted molar refractivity (Wildman–Crippen MR) is 111 cm³/mol. The molecule has 2 N–H and O–H groups in total. The number of fused-ring (bicyclic) bond motifs is 4. The van der Waals surface area contributed by atoms with Crippen molar-refractivity contribution in [1.82, 2.24) is 10.6 Å². The monoisotopic (exact) mass is 434 g/mol. The van der Waals surface area contributed by atoms with Crippen molar-refractivity contribution in [2.45, 2.75) is 91.4 Å². The van der Waals surface area contributed by atoms with Crippen LogP contribution in [-0.4, -0.2) is 47.5 Å². The number of hydrogen-bond acceptors (Lipinski definition) is 6. The third-order valence-electron chi connectivity index (χ3n) is 9.85. The van der Waals surface area contributed by atoms with Crippen molar-refractivity contribution in [3.05, 3.63) is 0 Å². The molecule has 4 aliphatic rings. The van der Waals surface area contributed by atoms with Crippen LogP contribution < -0.4 is 10.6 Å². The van der Waals surface area contributed by atoms with Gasteiger partial charge in [0.05, 0.1) is 10.8 Å². The summed E-state index contributed by atoms with van der Waals surface area (Å²) in [6.45, 7) is 13.3. The largest absolute Gasteiger partial charge is 0.448 e. The summed E-state index contributed by atoms with van der Waals surface area (Å²) in [5.74, 6) is -1.30. The van der Waals surface area contributed by atoms with Gasteiger partial charge in [-0.3, -0.25) is 19.2 Å². The molecule has 2 aliphatic carbocycles. The zero-order valence-corrected chi connectivity index (χ0v) is 19.6. The minimum atomic E-state index is -1.19. The van der Waals surface area contributed by atoms with Crippen molar-refractivity contribution in [2.24, 2.45) is 21.7 Å². The minimum absolute atomic E-state index is 0.179. The molecule has 2 aliphatic heterocycles. The van der Waals surface area contributed by atoms with Gasteiger partial charge in [-0.2, -0.15) is 0 Å². The Balaban J connectivity index is 1.41. The van der Waals surface area contributed by atoms with Gasteiger partial charge in [-0.1, -0.05) is 27.7 Å². The molecule has 0 unspecified atom stereocenters. The fraction of sp³-hybridized carbons (Fsp3) is 0.826. The summed E-state index contributed by atoms with van der Waals surface area (Å²) in [4.78, 5) is 51.1. The lowest BCUT2D eigenvalue weighted by atomic mass is 9.66. The molecule has 4 bridgehead atoms. The third-order valence-corrected chi connectivity index (χ3v) is 9.85. The zero-order chi connectivity index (χ0) is 23.3. The maximum Gasteiger partial charge on any atom is 0.313 e. The van der Waals surface area contributed by atoms with E-state index in [0.717, 1.165) is 0 Å². The molecule has 0 spiro atoms. The van der Waals surface area contributed by atoms with Crippen LogP contribution in [0.5, 0.6) is 0 Å². The average Bonchev–Trinajstić information content (AvgIpc) is 3.14. The number of amides is 2. The van der Waals surface area contributed by atoms with Gasteiger partial charge in [0.2, 0.25) is 0 Å². The number of carbonyl (C=O) groups excluding carboxylic acids is 4. The molecule has 8 nitrogen and oxygen atoms in total. The molecule has 4 rings (SSSR count). The first-order chi connectivity index (χ1) is 14.1. The van der Waals surface area contributed by atoms with E-state index in [0.29, 0.717) is 25.7 Å². The van der Waals surface area contributed by atoms with Crippen LogP contribution in [0.1, 0.15) is 74.1 Å². The van der Waals surface area contributed by atoms with E-state index in [9.17, 15) is 19.2 Å². The number of esters is 2. The lowest BCUT2D eigenvalue weighted by molar-refractivity contribution is -0.169. The van der Waals surface area contributed by atoms with Crippen molar-refractivity contribution in [2.75, 3.05) is 6.54 Å². The van der Waals surface area contributed by atoms with E-state index in [2.05, 4.69) is 10.6 Å². The van der Waals surface area contributed by atoms with Crippen molar-refractivity contribution in [3.63, 3.8) is 0 Å². The van der Waals surface area contributed by atoms with Gasteiger partial charge in [-0.05, 0) is 46.5 Å². The fourth-order valence-electron chi connectivity index (χ4n) is 6.27. The minimum Gasteiger partial charge on any atom is -0.448 e. The van der Waals surface area contributed by atoms with Crippen LogP contribution in [0, 0.1) is 21.7 Å². The summed E-state index contributed by atoms with van der Waals surface area (Å²) in [6.07, 6.45) is 2.19.